The molecule has 106 valence electrons. The minimum absolute atomic E-state index is 0.500. The lowest BCUT2D eigenvalue weighted by Crippen LogP contribution is -2.10. The molecule has 2 rings (SSSR count). The van der Waals surface area contributed by atoms with Crippen molar-refractivity contribution in [3.8, 4) is 11.1 Å². The largest absolute Gasteiger partial charge is 0.477 e. The fourth-order valence-corrected chi connectivity index (χ4v) is 2.10. The SMILES string of the molecule is O=C(O)C(=Cc1ccccc1-c1cccc(Cl)c1)C(=O)O. The maximum atomic E-state index is 11.0. The van der Waals surface area contributed by atoms with Gasteiger partial charge in [0.2, 0.25) is 0 Å². The van der Waals surface area contributed by atoms with Gasteiger partial charge in [-0.05, 0) is 34.9 Å². The zero-order valence-electron chi connectivity index (χ0n) is 10.8. The number of benzene rings is 2. The molecule has 21 heavy (non-hydrogen) atoms. The minimum atomic E-state index is -1.48. The first-order valence-corrected chi connectivity index (χ1v) is 6.40. The van der Waals surface area contributed by atoms with Gasteiger partial charge in [-0.15, -0.1) is 0 Å². The Morgan fingerprint density at radius 1 is 0.952 bits per heavy atom. The molecule has 2 aromatic rings. The van der Waals surface area contributed by atoms with Crippen LogP contribution in [0.15, 0.2) is 54.1 Å². The lowest BCUT2D eigenvalue weighted by atomic mass is 9.98. The first-order chi connectivity index (χ1) is 9.99. The summed E-state index contributed by atoms with van der Waals surface area (Å²) in [5.41, 5.74) is 1.30. The quantitative estimate of drug-likeness (QED) is 0.514. The van der Waals surface area contributed by atoms with Crippen LogP contribution >= 0.6 is 11.6 Å². The van der Waals surface area contributed by atoms with Crippen LogP contribution in [0.4, 0.5) is 0 Å². The van der Waals surface area contributed by atoms with E-state index in [-0.39, 0.29) is 0 Å². The van der Waals surface area contributed by atoms with Crippen LogP contribution in [-0.2, 0) is 9.59 Å². The molecule has 0 radical (unpaired) electrons. The average molecular weight is 303 g/mol. The molecule has 2 N–H and O–H groups in total. The van der Waals surface area contributed by atoms with E-state index < -0.39 is 17.5 Å². The van der Waals surface area contributed by atoms with E-state index in [0.717, 1.165) is 11.6 Å². The predicted octanol–water partition coefficient (Wildman–Crippen LogP) is 3.56. The molecule has 0 aromatic heterocycles. The topological polar surface area (TPSA) is 74.6 Å². The van der Waals surface area contributed by atoms with Gasteiger partial charge < -0.3 is 10.2 Å². The summed E-state index contributed by atoms with van der Waals surface area (Å²) in [7, 11) is 0. The standard InChI is InChI=1S/C16H11ClO4/c17-12-6-3-5-10(8-12)13-7-2-1-4-11(13)9-14(15(18)19)16(20)21/h1-9H,(H,18,19)(H,20,21). The molecule has 0 spiro atoms. The van der Waals surface area contributed by atoms with Gasteiger partial charge in [0, 0.05) is 5.02 Å². The van der Waals surface area contributed by atoms with E-state index in [9.17, 15) is 9.59 Å². The summed E-state index contributed by atoms with van der Waals surface area (Å²) in [5.74, 6) is -2.97. The van der Waals surface area contributed by atoms with Crippen LogP contribution in [0.1, 0.15) is 5.56 Å². The van der Waals surface area contributed by atoms with Crippen LogP contribution < -0.4 is 0 Å². The minimum Gasteiger partial charge on any atom is -0.477 e. The fourth-order valence-electron chi connectivity index (χ4n) is 1.91. The second kappa shape index (κ2) is 6.24. The highest BCUT2D eigenvalue weighted by Crippen LogP contribution is 2.27. The van der Waals surface area contributed by atoms with Crippen LogP contribution in [0.2, 0.25) is 5.02 Å². The third-order valence-electron chi connectivity index (χ3n) is 2.86. The van der Waals surface area contributed by atoms with Crippen molar-refractivity contribution in [2.75, 3.05) is 0 Å². The molecule has 0 aliphatic heterocycles. The van der Waals surface area contributed by atoms with Gasteiger partial charge in [0.05, 0.1) is 0 Å². The Labute approximate surface area is 125 Å². The molecule has 0 aliphatic carbocycles. The molecule has 0 saturated heterocycles. The normalized spacial score (nSPS) is 9.95. The van der Waals surface area contributed by atoms with Crippen molar-refractivity contribution in [1.29, 1.82) is 0 Å². The van der Waals surface area contributed by atoms with E-state index in [0.29, 0.717) is 16.1 Å². The summed E-state index contributed by atoms with van der Waals surface area (Å²) in [6.07, 6.45) is 1.14. The Morgan fingerprint density at radius 3 is 2.24 bits per heavy atom. The van der Waals surface area contributed by atoms with Crippen molar-refractivity contribution in [3.05, 3.63) is 64.7 Å². The summed E-state index contributed by atoms with van der Waals surface area (Å²) in [4.78, 5) is 22.0. The highest BCUT2D eigenvalue weighted by atomic mass is 35.5. The molecule has 0 saturated carbocycles. The molecule has 0 bridgehead atoms. The first-order valence-electron chi connectivity index (χ1n) is 6.02. The van der Waals surface area contributed by atoms with E-state index in [1.165, 1.54) is 0 Å². The molecule has 0 heterocycles. The molecule has 0 fully saturated rings. The van der Waals surface area contributed by atoms with Crippen molar-refractivity contribution in [2.45, 2.75) is 0 Å². The third-order valence-corrected chi connectivity index (χ3v) is 3.09. The average Bonchev–Trinajstić information content (AvgIpc) is 2.44. The Bertz CT molecular complexity index is 719. The molecule has 0 amide bonds. The summed E-state index contributed by atoms with van der Waals surface area (Å²) < 4.78 is 0. The lowest BCUT2D eigenvalue weighted by molar-refractivity contribution is -0.139. The van der Waals surface area contributed by atoms with E-state index in [1.807, 2.05) is 6.07 Å². The molecule has 4 nitrogen and oxygen atoms in total. The summed E-state index contributed by atoms with van der Waals surface area (Å²) in [5, 5.41) is 18.4. The fraction of sp³-hybridized carbons (Fsp3) is 0. The number of carboxylic acid groups (broad SMARTS) is 2. The molecule has 0 aliphatic rings. The van der Waals surface area contributed by atoms with Gasteiger partial charge in [-0.1, -0.05) is 48.0 Å². The van der Waals surface area contributed by atoms with Gasteiger partial charge >= 0.3 is 11.9 Å². The monoisotopic (exact) mass is 302 g/mol. The first kappa shape index (κ1) is 14.8. The molecule has 5 heteroatoms. The second-order valence-corrected chi connectivity index (χ2v) is 4.70. The van der Waals surface area contributed by atoms with E-state index in [2.05, 4.69) is 0 Å². The zero-order chi connectivity index (χ0) is 15.4. The third kappa shape index (κ3) is 3.49. The summed E-state index contributed by atoms with van der Waals surface area (Å²) in [6, 6.07) is 14.0. The predicted molar refractivity (Wildman–Crippen MR) is 80.1 cm³/mol. The zero-order valence-corrected chi connectivity index (χ0v) is 11.5. The Morgan fingerprint density at radius 2 is 1.62 bits per heavy atom. The maximum absolute atomic E-state index is 11.0. The number of aliphatic carboxylic acids is 2. The van der Waals surface area contributed by atoms with Gasteiger partial charge in [0.1, 0.15) is 5.57 Å². The number of rotatable bonds is 4. The van der Waals surface area contributed by atoms with Gasteiger partial charge in [0.25, 0.3) is 0 Å². The van der Waals surface area contributed by atoms with Crippen molar-refractivity contribution >= 4 is 29.6 Å². The van der Waals surface area contributed by atoms with E-state index in [4.69, 9.17) is 21.8 Å². The number of halogens is 1. The number of carboxylic acids is 2. The van der Waals surface area contributed by atoms with Crippen LogP contribution in [0.25, 0.3) is 17.2 Å². The van der Waals surface area contributed by atoms with Gasteiger partial charge in [-0.25, -0.2) is 9.59 Å². The molecule has 0 unspecified atom stereocenters. The molecule has 0 atom stereocenters. The molecular weight excluding hydrogens is 292 g/mol. The maximum Gasteiger partial charge on any atom is 0.343 e. The number of hydrogen-bond acceptors (Lipinski definition) is 2. The summed E-state index contributed by atoms with van der Waals surface area (Å²) in [6.45, 7) is 0. The van der Waals surface area contributed by atoms with Crippen molar-refractivity contribution < 1.29 is 19.8 Å². The van der Waals surface area contributed by atoms with Crippen molar-refractivity contribution in [3.63, 3.8) is 0 Å². The Kier molecular flexibility index (Phi) is 4.40. The lowest BCUT2D eigenvalue weighted by Gasteiger charge is -2.07. The highest BCUT2D eigenvalue weighted by Gasteiger charge is 2.16. The van der Waals surface area contributed by atoms with E-state index >= 15 is 0 Å². The van der Waals surface area contributed by atoms with Crippen LogP contribution in [0.3, 0.4) is 0 Å². The number of hydrogen-bond donors (Lipinski definition) is 2. The van der Waals surface area contributed by atoms with Crippen molar-refractivity contribution in [1.82, 2.24) is 0 Å². The Hall–Kier alpha value is -2.59. The molecule has 2 aromatic carbocycles. The van der Waals surface area contributed by atoms with Crippen molar-refractivity contribution in [2.24, 2.45) is 0 Å². The van der Waals surface area contributed by atoms with Gasteiger partial charge in [-0.2, -0.15) is 0 Å². The Balaban J connectivity index is 2.59. The van der Waals surface area contributed by atoms with Crippen LogP contribution in [0, 0.1) is 0 Å². The molecular formula is C16H11ClO4. The highest BCUT2D eigenvalue weighted by molar-refractivity contribution is 6.30. The number of carbonyl (C=O) groups is 2. The van der Waals surface area contributed by atoms with E-state index in [1.54, 1.807) is 42.5 Å². The van der Waals surface area contributed by atoms with Gasteiger partial charge in [-0.3, -0.25) is 0 Å². The van der Waals surface area contributed by atoms with Crippen LogP contribution in [-0.4, -0.2) is 22.2 Å². The van der Waals surface area contributed by atoms with Crippen LogP contribution in [0.5, 0.6) is 0 Å². The van der Waals surface area contributed by atoms with Gasteiger partial charge in [0.15, 0.2) is 0 Å². The summed E-state index contributed by atoms with van der Waals surface area (Å²) >= 11 is 5.95. The smallest absolute Gasteiger partial charge is 0.343 e. The second-order valence-electron chi connectivity index (χ2n) is 4.27.